The lowest BCUT2D eigenvalue weighted by Crippen LogP contribution is -2.61. The minimum Gasteiger partial charge on any atom is -0.368 e. The zero-order valence-electron chi connectivity index (χ0n) is 18.6. The predicted molar refractivity (Wildman–Crippen MR) is 129 cm³/mol. The topological polar surface area (TPSA) is 35.6 Å². The van der Waals surface area contributed by atoms with Crippen molar-refractivity contribution in [1.29, 1.82) is 0 Å². The Kier molecular flexibility index (Phi) is 6.25. The number of halogens is 3. The zero-order chi connectivity index (χ0) is 23.7. The molecule has 2 aliphatic heterocycles. The van der Waals surface area contributed by atoms with Gasteiger partial charge in [0.25, 0.3) is 0 Å². The molecule has 34 heavy (non-hydrogen) atoms. The van der Waals surface area contributed by atoms with Crippen molar-refractivity contribution in [2.75, 3.05) is 36.0 Å². The Labute approximate surface area is 201 Å². The van der Waals surface area contributed by atoms with Crippen LogP contribution in [-0.4, -0.2) is 38.1 Å². The summed E-state index contributed by atoms with van der Waals surface area (Å²) in [4.78, 5) is 18.9. The minimum atomic E-state index is -4.41. The van der Waals surface area contributed by atoms with Crippen LogP contribution in [0.15, 0.2) is 66.0 Å². The molecule has 2 aromatic carbocycles. The molecule has 5 rings (SSSR count). The van der Waals surface area contributed by atoms with Gasteiger partial charge in [-0.15, -0.1) is 11.3 Å². The van der Waals surface area contributed by atoms with Crippen LogP contribution in [0.3, 0.4) is 0 Å². The molecule has 1 saturated heterocycles. The molecular weight excluding hydrogens is 459 g/mol. The number of hydrogen-bond acceptors (Lipinski definition) is 4. The molecule has 178 valence electrons. The van der Waals surface area contributed by atoms with Gasteiger partial charge in [0.05, 0.1) is 17.5 Å². The first kappa shape index (κ1) is 22.8. The van der Waals surface area contributed by atoms with Crippen LogP contribution in [0, 0.1) is 5.92 Å². The molecule has 4 nitrogen and oxygen atoms in total. The average Bonchev–Trinajstić information content (AvgIpc) is 3.36. The molecule has 3 heterocycles. The van der Waals surface area contributed by atoms with E-state index in [9.17, 15) is 18.0 Å². The molecule has 2 atom stereocenters. The van der Waals surface area contributed by atoms with Gasteiger partial charge in [-0.2, -0.15) is 13.2 Å². The van der Waals surface area contributed by atoms with Crippen LogP contribution in [0.25, 0.3) is 0 Å². The quantitative estimate of drug-likeness (QED) is 0.553. The van der Waals surface area contributed by atoms with Crippen molar-refractivity contribution in [2.24, 2.45) is 5.92 Å². The highest BCUT2D eigenvalue weighted by Crippen LogP contribution is 2.40. The van der Waals surface area contributed by atoms with Gasteiger partial charge in [0.15, 0.2) is 0 Å². The summed E-state index contributed by atoms with van der Waals surface area (Å²) >= 11 is 1.65. The molecule has 0 bridgehead atoms. The summed E-state index contributed by atoms with van der Waals surface area (Å²) in [5.41, 5.74) is 1.84. The fourth-order valence-electron chi connectivity index (χ4n) is 5.07. The van der Waals surface area contributed by atoms with Gasteiger partial charge in [0, 0.05) is 42.4 Å². The number of hydrogen-bond donors (Lipinski definition) is 1. The molecule has 1 N–H and O–H groups in total. The van der Waals surface area contributed by atoms with Gasteiger partial charge < -0.3 is 15.1 Å². The lowest BCUT2D eigenvalue weighted by molar-refractivity contribution is -0.137. The highest BCUT2D eigenvalue weighted by atomic mass is 32.1. The number of rotatable bonds is 5. The summed E-state index contributed by atoms with van der Waals surface area (Å²) in [5, 5.41) is 5.06. The number of para-hydroxylation sites is 1. The number of carbonyl (C=O) groups excluding carboxylic acids is 1. The standard InChI is InChI=1S/C26H26F3N3OS/c27-26(28,29)19-8-9-23-18(15-19)16-22(25(33)30-11-10-21-7-4-14-34-21)24-17-31(12-13-32(23)24)20-5-2-1-3-6-20/h1-9,14-15,22,24H,10-13,16-17H2,(H,30,33)/t22-,24-/m1/s1. The molecule has 3 aromatic rings. The van der Waals surface area contributed by atoms with E-state index in [0.29, 0.717) is 31.6 Å². The van der Waals surface area contributed by atoms with Crippen LogP contribution in [0.4, 0.5) is 24.5 Å². The SMILES string of the molecule is O=C(NCCc1cccs1)[C@@H]1Cc2cc(C(F)(F)F)ccc2N2CCN(c3ccccc3)C[C@H]12. The van der Waals surface area contributed by atoms with E-state index in [4.69, 9.17) is 0 Å². The van der Waals surface area contributed by atoms with E-state index in [0.717, 1.165) is 30.4 Å². The number of amides is 1. The predicted octanol–water partition coefficient (Wildman–Crippen LogP) is 4.99. The molecule has 0 radical (unpaired) electrons. The molecule has 0 unspecified atom stereocenters. The Bertz CT molecular complexity index is 1130. The Morgan fingerprint density at radius 2 is 1.88 bits per heavy atom. The van der Waals surface area contributed by atoms with Gasteiger partial charge in [0.2, 0.25) is 5.91 Å². The Balaban J connectivity index is 1.41. The number of carbonyl (C=O) groups is 1. The first-order valence-corrected chi connectivity index (χ1v) is 12.3. The molecule has 1 amide bonds. The van der Waals surface area contributed by atoms with Crippen LogP contribution in [0.5, 0.6) is 0 Å². The van der Waals surface area contributed by atoms with Gasteiger partial charge in [0.1, 0.15) is 0 Å². The summed E-state index contributed by atoms with van der Waals surface area (Å²) in [7, 11) is 0. The van der Waals surface area contributed by atoms with E-state index in [1.807, 2.05) is 35.7 Å². The Morgan fingerprint density at radius 1 is 1.06 bits per heavy atom. The lowest BCUT2D eigenvalue weighted by Gasteiger charge is -2.49. The van der Waals surface area contributed by atoms with Crippen LogP contribution < -0.4 is 15.1 Å². The first-order valence-electron chi connectivity index (χ1n) is 11.5. The molecule has 1 fully saturated rings. The zero-order valence-corrected chi connectivity index (χ0v) is 19.4. The number of anilines is 2. The van der Waals surface area contributed by atoms with Crippen LogP contribution in [0.2, 0.25) is 0 Å². The number of nitrogens with zero attached hydrogens (tertiary/aromatic N) is 2. The number of fused-ring (bicyclic) bond motifs is 3. The van der Waals surface area contributed by atoms with E-state index in [1.54, 1.807) is 17.4 Å². The fourth-order valence-corrected chi connectivity index (χ4v) is 5.78. The molecular formula is C26H26F3N3OS. The average molecular weight is 486 g/mol. The van der Waals surface area contributed by atoms with Crippen molar-refractivity contribution in [1.82, 2.24) is 5.32 Å². The summed E-state index contributed by atoms with van der Waals surface area (Å²) in [6.45, 7) is 2.55. The normalized spacial score (nSPS) is 20.0. The molecule has 8 heteroatoms. The minimum absolute atomic E-state index is 0.0930. The largest absolute Gasteiger partial charge is 0.416 e. The second-order valence-electron chi connectivity index (χ2n) is 8.81. The van der Waals surface area contributed by atoms with Gasteiger partial charge >= 0.3 is 6.18 Å². The van der Waals surface area contributed by atoms with Crippen molar-refractivity contribution in [2.45, 2.75) is 25.1 Å². The lowest BCUT2D eigenvalue weighted by atomic mass is 9.82. The van der Waals surface area contributed by atoms with E-state index < -0.39 is 17.7 Å². The van der Waals surface area contributed by atoms with E-state index in [1.165, 1.54) is 10.9 Å². The third kappa shape index (κ3) is 4.64. The highest BCUT2D eigenvalue weighted by molar-refractivity contribution is 7.09. The van der Waals surface area contributed by atoms with Crippen molar-refractivity contribution in [3.8, 4) is 0 Å². The van der Waals surface area contributed by atoms with Crippen molar-refractivity contribution in [3.63, 3.8) is 0 Å². The van der Waals surface area contributed by atoms with Crippen molar-refractivity contribution >= 4 is 28.6 Å². The maximum Gasteiger partial charge on any atom is 0.416 e. The second kappa shape index (κ2) is 9.33. The first-order chi connectivity index (χ1) is 16.4. The van der Waals surface area contributed by atoms with Gasteiger partial charge in [-0.05, 0) is 60.2 Å². The Morgan fingerprint density at radius 3 is 2.62 bits per heavy atom. The van der Waals surface area contributed by atoms with Crippen LogP contribution in [0.1, 0.15) is 16.0 Å². The van der Waals surface area contributed by atoms with Gasteiger partial charge in [-0.3, -0.25) is 4.79 Å². The maximum atomic E-state index is 13.4. The van der Waals surface area contributed by atoms with Crippen LogP contribution >= 0.6 is 11.3 Å². The van der Waals surface area contributed by atoms with E-state index in [-0.39, 0.29) is 11.9 Å². The summed E-state index contributed by atoms with van der Waals surface area (Å²) in [5.74, 6) is -0.518. The third-order valence-corrected chi connectivity index (χ3v) is 7.68. The molecule has 1 aromatic heterocycles. The molecule has 2 aliphatic rings. The smallest absolute Gasteiger partial charge is 0.368 e. The maximum absolute atomic E-state index is 13.4. The Hall–Kier alpha value is -3.00. The van der Waals surface area contributed by atoms with Gasteiger partial charge in [-0.1, -0.05) is 24.3 Å². The summed E-state index contributed by atoms with van der Waals surface area (Å²) in [6, 6.07) is 17.9. The third-order valence-electron chi connectivity index (χ3n) is 6.75. The van der Waals surface area contributed by atoms with E-state index in [2.05, 4.69) is 27.2 Å². The molecule has 0 spiro atoms. The monoisotopic (exact) mass is 485 g/mol. The number of alkyl halides is 3. The van der Waals surface area contributed by atoms with Crippen molar-refractivity contribution in [3.05, 3.63) is 82.0 Å². The number of nitrogens with one attached hydrogen (secondary N) is 1. The number of piperazine rings is 1. The number of benzene rings is 2. The molecule has 0 saturated carbocycles. The number of thiophene rings is 1. The summed E-state index contributed by atoms with van der Waals surface area (Å²) < 4.78 is 40.2. The van der Waals surface area contributed by atoms with E-state index >= 15 is 0 Å². The summed E-state index contributed by atoms with van der Waals surface area (Å²) in [6.07, 6.45) is -3.36. The van der Waals surface area contributed by atoms with Gasteiger partial charge in [-0.25, -0.2) is 0 Å². The second-order valence-corrected chi connectivity index (χ2v) is 9.85. The highest BCUT2D eigenvalue weighted by Gasteiger charge is 2.42. The fraction of sp³-hybridized carbons (Fsp3) is 0.346. The van der Waals surface area contributed by atoms with Crippen LogP contribution in [-0.2, 0) is 23.8 Å². The van der Waals surface area contributed by atoms with Crippen molar-refractivity contribution < 1.29 is 18.0 Å². The molecule has 0 aliphatic carbocycles.